The molecular formula is C16H28N2O. The van der Waals surface area contributed by atoms with Gasteiger partial charge in [-0.3, -0.25) is 0 Å². The van der Waals surface area contributed by atoms with E-state index < -0.39 is 0 Å². The average molecular weight is 264 g/mol. The lowest BCUT2D eigenvalue weighted by Gasteiger charge is -2.21. The van der Waals surface area contributed by atoms with Crippen LogP contribution in [0.3, 0.4) is 0 Å². The average Bonchev–Trinajstić information content (AvgIpc) is 2.38. The second kappa shape index (κ2) is 7.39. The molecule has 3 heteroatoms. The molecule has 0 aromatic heterocycles. The fourth-order valence-electron chi connectivity index (χ4n) is 1.85. The van der Waals surface area contributed by atoms with Gasteiger partial charge in [-0.05, 0) is 43.4 Å². The molecule has 0 unspecified atom stereocenters. The SMILES string of the molecule is CN(C)c1cccc(OCCCCC(C)(C)CN)c1. The number of unbranched alkanes of at least 4 members (excludes halogenated alkanes) is 1. The molecule has 0 atom stereocenters. The Kier molecular flexibility index (Phi) is 6.16. The summed E-state index contributed by atoms with van der Waals surface area (Å²) in [4.78, 5) is 2.08. The number of hydrogen-bond donors (Lipinski definition) is 1. The van der Waals surface area contributed by atoms with Crippen LogP contribution in [-0.4, -0.2) is 27.2 Å². The summed E-state index contributed by atoms with van der Waals surface area (Å²) in [6, 6.07) is 8.19. The predicted molar refractivity (Wildman–Crippen MR) is 83.0 cm³/mol. The Morgan fingerprint density at radius 2 is 1.95 bits per heavy atom. The molecule has 108 valence electrons. The minimum absolute atomic E-state index is 0.255. The smallest absolute Gasteiger partial charge is 0.121 e. The molecule has 0 saturated carbocycles. The molecule has 0 aliphatic carbocycles. The highest BCUT2D eigenvalue weighted by atomic mass is 16.5. The van der Waals surface area contributed by atoms with Crippen molar-refractivity contribution in [1.29, 1.82) is 0 Å². The van der Waals surface area contributed by atoms with Crippen molar-refractivity contribution in [2.24, 2.45) is 11.1 Å². The lowest BCUT2D eigenvalue weighted by atomic mass is 9.87. The molecule has 1 rings (SSSR count). The van der Waals surface area contributed by atoms with E-state index in [1.54, 1.807) is 0 Å². The van der Waals surface area contributed by atoms with E-state index in [4.69, 9.17) is 10.5 Å². The number of nitrogens with two attached hydrogens (primary N) is 1. The van der Waals surface area contributed by atoms with Gasteiger partial charge in [-0.15, -0.1) is 0 Å². The van der Waals surface area contributed by atoms with Crippen molar-refractivity contribution in [1.82, 2.24) is 0 Å². The Hall–Kier alpha value is -1.22. The van der Waals surface area contributed by atoms with E-state index in [2.05, 4.69) is 30.9 Å². The number of nitrogens with zero attached hydrogens (tertiary/aromatic N) is 1. The van der Waals surface area contributed by atoms with E-state index >= 15 is 0 Å². The number of anilines is 1. The molecule has 0 aliphatic rings. The maximum absolute atomic E-state index is 5.79. The van der Waals surface area contributed by atoms with Gasteiger partial charge in [-0.1, -0.05) is 19.9 Å². The summed E-state index contributed by atoms with van der Waals surface area (Å²) in [7, 11) is 4.07. The van der Waals surface area contributed by atoms with E-state index in [1.807, 2.05) is 26.2 Å². The van der Waals surface area contributed by atoms with E-state index in [9.17, 15) is 0 Å². The number of benzene rings is 1. The van der Waals surface area contributed by atoms with E-state index in [0.717, 1.165) is 38.2 Å². The van der Waals surface area contributed by atoms with Gasteiger partial charge in [0.1, 0.15) is 5.75 Å². The van der Waals surface area contributed by atoms with Crippen LogP contribution in [-0.2, 0) is 0 Å². The predicted octanol–water partition coefficient (Wildman–Crippen LogP) is 3.29. The van der Waals surface area contributed by atoms with Gasteiger partial charge in [0.25, 0.3) is 0 Å². The van der Waals surface area contributed by atoms with Crippen LogP contribution in [0.5, 0.6) is 5.75 Å². The summed E-state index contributed by atoms with van der Waals surface area (Å²) >= 11 is 0. The van der Waals surface area contributed by atoms with E-state index in [-0.39, 0.29) is 5.41 Å². The van der Waals surface area contributed by atoms with E-state index in [0.29, 0.717) is 0 Å². The minimum Gasteiger partial charge on any atom is -0.494 e. The Morgan fingerprint density at radius 3 is 2.58 bits per heavy atom. The first kappa shape index (κ1) is 15.8. The Balaban J connectivity index is 2.28. The highest BCUT2D eigenvalue weighted by Crippen LogP contribution is 2.22. The van der Waals surface area contributed by atoms with Crippen LogP contribution in [0.15, 0.2) is 24.3 Å². The van der Waals surface area contributed by atoms with Crippen molar-refractivity contribution >= 4 is 5.69 Å². The first-order chi connectivity index (χ1) is 8.94. The van der Waals surface area contributed by atoms with Crippen molar-refractivity contribution in [2.45, 2.75) is 33.1 Å². The standard InChI is InChI=1S/C16H28N2O/c1-16(2,13-17)10-5-6-11-19-15-9-7-8-14(12-15)18(3)4/h7-9,12H,5-6,10-11,13,17H2,1-4H3. The number of hydrogen-bond acceptors (Lipinski definition) is 3. The molecule has 1 aromatic carbocycles. The first-order valence-electron chi connectivity index (χ1n) is 7.05. The lowest BCUT2D eigenvalue weighted by molar-refractivity contribution is 0.279. The topological polar surface area (TPSA) is 38.5 Å². The third-order valence-electron chi connectivity index (χ3n) is 3.40. The van der Waals surface area contributed by atoms with Gasteiger partial charge in [0, 0.05) is 25.8 Å². The molecule has 0 heterocycles. The van der Waals surface area contributed by atoms with Crippen LogP contribution < -0.4 is 15.4 Å². The van der Waals surface area contributed by atoms with Crippen molar-refractivity contribution < 1.29 is 4.74 Å². The summed E-state index contributed by atoms with van der Waals surface area (Å²) in [5, 5.41) is 0. The van der Waals surface area contributed by atoms with Crippen molar-refractivity contribution in [3.63, 3.8) is 0 Å². The molecule has 0 saturated heterocycles. The second-order valence-electron chi connectivity index (χ2n) is 6.07. The van der Waals surface area contributed by atoms with Gasteiger partial charge >= 0.3 is 0 Å². The third-order valence-corrected chi connectivity index (χ3v) is 3.40. The van der Waals surface area contributed by atoms with Crippen molar-refractivity contribution in [2.75, 3.05) is 32.1 Å². The molecule has 3 nitrogen and oxygen atoms in total. The summed E-state index contributed by atoms with van der Waals surface area (Å²) in [5.74, 6) is 0.948. The Morgan fingerprint density at radius 1 is 1.21 bits per heavy atom. The quantitative estimate of drug-likeness (QED) is 0.732. The number of rotatable bonds is 8. The fraction of sp³-hybridized carbons (Fsp3) is 0.625. The summed E-state index contributed by atoms with van der Waals surface area (Å²) < 4.78 is 5.79. The van der Waals surface area contributed by atoms with Gasteiger partial charge in [-0.25, -0.2) is 0 Å². The van der Waals surface area contributed by atoms with Crippen LogP contribution in [0.2, 0.25) is 0 Å². The third kappa shape index (κ3) is 5.97. The van der Waals surface area contributed by atoms with Gasteiger partial charge in [0.05, 0.1) is 6.61 Å². The van der Waals surface area contributed by atoms with Crippen LogP contribution in [0.25, 0.3) is 0 Å². The van der Waals surface area contributed by atoms with Crippen LogP contribution >= 0.6 is 0 Å². The second-order valence-corrected chi connectivity index (χ2v) is 6.07. The molecule has 0 aliphatic heterocycles. The van der Waals surface area contributed by atoms with Crippen LogP contribution in [0.1, 0.15) is 33.1 Å². The molecule has 0 fully saturated rings. The first-order valence-corrected chi connectivity index (χ1v) is 7.05. The molecule has 19 heavy (non-hydrogen) atoms. The monoisotopic (exact) mass is 264 g/mol. The normalized spacial score (nSPS) is 11.4. The maximum atomic E-state index is 5.79. The minimum atomic E-state index is 0.255. The molecule has 2 N–H and O–H groups in total. The Labute approximate surface area is 117 Å². The Bertz CT molecular complexity index is 375. The molecule has 0 bridgehead atoms. The molecule has 0 radical (unpaired) electrons. The fourth-order valence-corrected chi connectivity index (χ4v) is 1.85. The van der Waals surface area contributed by atoms with Crippen LogP contribution in [0.4, 0.5) is 5.69 Å². The maximum Gasteiger partial charge on any atom is 0.121 e. The van der Waals surface area contributed by atoms with Crippen LogP contribution in [0, 0.1) is 5.41 Å². The van der Waals surface area contributed by atoms with E-state index in [1.165, 1.54) is 5.69 Å². The molecule has 0 spiro atoms. The summed E-state index contributed by atoms with van der Waals surface area (Å²) in [6.07, 6.45) is 3.40. The lowest BCUT2D eigenvalue weighted by Crippen LogP contribution is -2.23. The molecule has 1 aromatic rings. The number of ether oxygens (including phenoxy) is 1. The van der Waals surface area contributed by atoms with Gasteiger partial charge < -0.3 is 15.4 Å². The zero-order valence-electron chi connectivity index (χ0n) is 12.8. The van der Waals surface area contributed by atoms with Crippen molar-refractivity contribution in [3.8, 4) is 5.75 Å². The molecule has 0 amide bonds. The van der Waals surface area contributed by atoms with Gasteiger partial charge in [0.15, 0.2) is 0 Å². The van der Waals surface area contributed by atoms with Crippen molar-refractivity contribution in [3.05, 3.63) is 24.3 Å². The highest BCUT2D eigenvalue weighted by Gasteiger charge is 2.14. The highest BCUT2D eigenvalue weighted by molar-refractivity contribution is 5.49. The summed E-state index contributed by atoms with van der Waals surface area (Å²) in [6.45, 7) is 5.96. The largest absolute Gasteiger partial charge is 0.494 e. The summed E-state index contributed by atoms with van der Waals surface area (Å²) in [5.41, 5.74) is 7.14. The zero-order chi connectivity index (χ0) is 14.3. The molecular weight excluding hydrogens is 236 g/mol. The van der Waals surface area contributed by atoms with Gasteiger partial charge in [-0.2, -0.15) is 0 Å². The van der Waals surface area contributed by atoms with Gasteiger partial charge in [0.2, 0.25) is 0 Å². The zero-order valence-corrected chi connectivity index (χ0v) is 12.8.